The Morgan fingerprint density at radius 2 is 2.31 bits per heavy atom. The first-order chi connectivity index (χ1) is 6.42. The molecule has 0 aliphatic heterocycles. The number of hydrogen-bond acceptors (Lipinski definition) is 1. The molecule has 0 aliphatic carbocycles. The fourth-order valence-electron chi connectivity index (χ4n) is 1.47. The molecular weight excluding hydrogens is 160 g/mol. The van der Waals surface area contributed by atoms with Gasteiger partial charge in [-0.1, -0.05) is 13.0 Å². The van der Waals surface area contributed by atoms with E-state index in [1.54, 1.807) is 0 Å². The van der Waals surface area contributed by atoms with Crippen LogP contribution in [-0.2, 0) is 6.42 Å². The topological polar surface area (TPSA) is 28.7 Å². The zero-order chi connectivity index (χ0) is 9.10. The van der Waals surface area contributed by atoms with Crippen molar-refractivity contribution in [3.8, 4) is 11.1 Å². The van der Waals surface area contributed by atoms with Crippen LogP contribution in [0.2, 0.25) is 0 Å². The lowest BCUT2D eigenvalue weighted by atomic mass is 10.1. The van der Waals surface area contributed by atoms with Gasteiger partial charge in [-0.15, -0.1) is 0 Å². The van der Waals surface area contributed by atoms with Crippen LogP contribution >= 0.6 is 0 Å². The van der Waals surface area contributed by atoms with Crippen LogP contribution in [-0.4, -0.2) is 9.97 Å². The van der Waals surface area contributed by atoms with Gasteiger partial charge in [0.15, 0.2) is 0 Å². The predicted octanol–water partition coefficient (Wildman–Crippen LogP) is 2.64. The first-order valence-corrected chi connectivity index (χ1v) is 4.49. The van der Waals surface area contributed by atoms with E-state index in [0.717, 1.165) is 12.1 Å². The molecule has 0 spiro atoms. The van der Waals surface area contributed by atoms with Gasteiger partial charge in [0, 0.05) is 35.4 Å². The molecule has 0 amide bonds. The van der Waals surface area contributed by atoms with Crippen LogP contribution in [0.5, 0.6) is 0 Å². The van der Waals surface area contributed by atoms with E-state index in [1.807, 2.05) is 24.7 Å². The Bertz CT molecular complexity index is 377. The highest BCUT2D eigenvalue weighted by molar-refractivity contribution is 5.64. The van der Waals surface area contributed by atoms with E-state index in [2.05, 4.69) is 29.0 Å². The van der Waals surface area contributed by atoms with Crippen LogP contribution in [0.25, 0.3) is 11.1 Å². The van der Waals surface area contributed by atoms with Gasteiger partial charge in [-0.25, -0.2) is 0 Å². The first kappa shape index (κ1) is 8.05. The monoisotopic (exact) mass is 172 g/mol. The Balaban J connectivity index is 2.51. The van der Waals surface area contributed by atoms with Crippen molar-refractivity contribution < 1.29 is 0 Å². The summed E-state index contributed by atoms with van der Waals surface area (Å²) in [5.74, 6) is 0. The molecule has 2 aromatic heterocycles. The number of nitrogens with one attached hydrogen (secondary N) is 1. The van der Waals surface area contributed by atoms with Crippen LogP contribution in [0, 0.1) is 0 Å². The normalized spacial score (nSPS) is 10.2. The van der Waals surface area contributed by atoms with Gasteiger partial charge in [0.25, 0.3) is 0 Å². The highest BCUT2D eigenvalue weighted by atomic mass is 14.7. The number of aryl methyl sites for hydroxylation is 1. The molecule has 0 saturated heterocycles. The average Bonchev–Trinajstić information content (AvgIpc) is 2.70. The van der Waals surface area contributed by atoms with Crippen LogP contribution in [0.3, 0.4) is 0 Å². The van der Waals surface area contributed by atoms with Crippen molar-refractivity contribution in [3.63, 3.8) is 0 Å². The molecule has 0 aliphatic rings. The van der Waals surface area contributed by atoms with Crippen molar-refractivity contribution >= 4 is 0 Å². The maximum Gasteiger partial charge on any atom is 0.0479 e. The number of pyridine rings is 1. The molecule has 2 nitrogen and oxygen atoms in total. The first-order valence-electron chi connectivity index (χ1n) is 4.49. The molecule has 1 N–H and O–H groups in total. The highest BCUT2D eigenvalue weighted by Gasteiger charge is 2.03. The summed E-state index contributed by atoms with van der Waals surface area (Å²) in [5, 5.41) is 0. The number of hydrogen-bond donors (Lipinski definition) is 1. The molecule has 0 atom stereocenters. The van der Waals surface area contributed by atoms with Gasteiger partial charge in [0.05, 0.1) is 0 Å². The van der Waals surface area contributed by atoms with E-state index in [-0.39, 0.29) is 0 Å². The van der Waals surface area contributed by atoms with Crippen LogP contribution in [0.15, 0.2) is 36.8 Å². The van der Waals surface area contributed by atoms with Crippen LogP contribution in [0.4, 0.5) is 0 Å². The van der Waals surface area contributed by atoms with E-state index in [0.29, 0.717) is 0 Å². The molecule has 66 valence electrons. The number of aromatic nitrogens is 2. The van der Waals surface area contributed by atoms with E-state index in [4.69, 9.17) is 0 Å². The third-order valence-corrected chi connectivity index (χ3v) is 2.13. The smallest absolute Gasteiger partial charge is 0.0479 e. The Kier molecular flexibility index (Phi) is 2.13. The predicted molar refractivity (Wildman–Crippen MR) is 53.4 cm³/mol. The Hall–Kier alpha value is -1.57. The lowest BCUT2D eigenvalue weighted by Crippen LogP contribution is -1.89. The second kappa shape index (κ2) is 3.44. The zero-order valence-corrected chi connectivity index (χ0v) is 7.62. The molecule has 13 heavy (non-hydrogen) atoms. The Labute approximate surface area is 77.6 Å². The molecule has 0 bridgehead atoms. The molecule has 2 aromatic rings. The molecule has 2 heteroatoms. The lowest BCUT2D eigenvalue weighted by molar-refractivity contribution is 1.04. The summed E-state index contributed by atoms with van der Waals surface area (Å²) in [4.78, 5) is 7.39. The van der Waals surface area contributed by atoms with Crippen molar-refractivity contribution in [2.24, 2.45) is 0 Å². The highest BCUT2D eigenvalue weighted by Crippen LogP contribution is 2.21. The van der Waals surface area contributed by atoms with Crippen LogP contribution < -0.4 is 0 Å². The summed E-state index contributed by atoms with van der Waals surface area (Å²) >= 11 is 0. The van der Waals surface area contributed by atoms with Crippen molar-refractivity contribution in [1.82, 2.24) is 9.97 Å². The third kappa shape index (κ3) is 1.47. The van der Waals surface area contributed by atoms with Gasteiger partial charge >= 0.3 is 0 Å². The number of H-pyrrole nitrogens is 1. The van der Waals surface area contributed by atoms with Crippen molar-refractivity contribution in [1.29, 1.82) is 0 Å². The minimum absolute atomic E-state index is 0.974. The summed E-state index contributed by atoms with van der Waals surface area (Å²) in [6, 6.07) is 6.15. The summed E-state index contributed by atoms with van der Waals surface area (Å²) in [5.41, 5.74) is 3.60. The van der Waals surface area contributed by atoms with E-state index in [9.17, 15) is 0 Å². The second-order valence-corrected chi connectivity index (χ2v) is 2.95. The van der Waals surface area contributed by atoms with E-state index < -0.39 is 0 Å². The van der Waals surface area contributed by atoms with Crippen molar-refractivity contribution in [2.45, 2.75) is 13.3 Å². The Morgan fingerprint density at radius 1 is 1.38 bits per heavy atom. The molecule has 0 aromatic carbocycles. The summed E-state index contributed by atoms with van der Waals surface area (Å²) in [6.45, 7) is 2.12. The van der Waals surface area contributed by atoms with E-state index >= 15 is 0 Å². The Morgan fingerprint density at radius 3 is 3.00 bits per heavy atom. The second-order valence-electron chi connectivity index (χ2n) is 2.95. The number of aromatic amines is 1. The lowest BCUT2D eigenvalue weighted by Gasteiger charge is -2.03. The molecule has 0 radical (unpaired) electrons. The maximum absolute atomic E-state index is 4.34. The van der Waals surface area contributed by atoms with E-state index in [1.165, 1.54) is 11.1 Å². The maximum atomic E-state index is 4.34. The van der Waals surface area contributed by atoms with Gasteiger partial charge in [-0.3, -0.25) is 4.98 Å². The number of nitrogens with zero attached hydrogens (tertiary/aromatic N) is 1. The minimum Gasteiger partial charge on any atom is -0.367 e. The van der Waals surface area contributed by atoms with Gasteiger partial charge in [-0.05, 0) is 18.6 Å². The number of rotatable bonds is 2. The van der Waals surface area contributed by atoms with Crippen LogP contribution in [0.1, 0.15) is 12.6 Å². The van der Waals surface area contributed by atoms with Gasteiger partial charge < -0.3 is 4.98 Å². The summed E-state index contributed by atoms with van der Waals surface area (Å²) in [6.07, 6.45) is 6.74. The SMILES string of the molecule is CCc1ncccc1-c1cc[nH]c1. The molecule has 2 heterocycles. The van der Waals surface area contributed by atoms with Gasteiger partial charge in [-0.2, -0.15) is 0 Å². The minimum atomic E-state index is 0.974. The third-order valence-electron chi connectivity index (χ3n) is 2.13. The largest absolute Gasteiger partial charge is 0.367 e. The zero-order valence-electron chi connectivity index (χ0n) is 7.62. The molecule has 0 fully saturated rings. The fourth-order valence-corrected chi connectivity index (χ4v) is 1.47. The summed E-state index contributed by atoms with van der Waals surface area (Å²) < 4.78 is 0. The van der Waals surface area contributed by atoms with Crippen molar-refractivity contribution in [3.05, 3.63) is 42.5 Å². The molecule has 0 saturated carbocycles. The fraction of sp³-hybridized carbons (Fsp3) is 0.182. The quantitative estimate of drug-likeness (QED) is 0.741. The van der Waals surface area contributed by atoms with Crippen molar-refractivity contribution in [2.75, 3.05) is 0 Å². The molecule has 2 rings (SSSR count). The van der Waals surface area contributed by atoms with Gasteiger partial charge in [0.1, 0.15) is 0 Å². The van der Waals surface area contributed by atoms with Gasteiger partial charge in [0.2, 0.25) is 0 Å². The average molecular weight is 172 g/mol. The molecule has 0 unspecified atom stereocenters. The summed E-state index contributed by atoms with van der Waals surface area (Å²) in [7, 11) is 0. The standard InChI is InChI=1S/C11H12N2/c1-2-11-10(4-3-6-13-11)9-5-7-12-8-9/h3-8,12H,2H2,1H3. The molecular formula is C11H12N2.